The Morgan fingerprint density at radius 2 is 1.08 bits per heavy atom. The Morgan fingerprint density at radius 3 is 1.52 bits per heavy atom. The van der Waals surface area contributed by atoms with Gasteiger partial charge in [0.2, 0.25) is 0 Å². The Labute approximate surface area is 135 Å². The Hall–Kier alpha value is -2.39. The van der Waals surface area contributed by atoms with E-state index in [2.05, 4.69) is 5.32 Å². The van der Waals surface area contributed by atoms with E-state index >= 15 is 0 Å². The SMILES string of the molecule is FC(F)(F)c1ccc(Nc2ccccc2)c(C(F)(F)F)c1C(F)(F)F. The highest BCUT2D eigenvalue weighted by Crippen LogP contribution is 2.49. The molecule has 2 aromatic carbocycles. The van der Waals surface area contributed by atoms with Crippen molar-refractivity contribution in [2.75, 3.05) is 5.32 Å². The number of hydrogen-bond acceptors (Lipinski definition) is 1. The third kappa shape index (κ3) is 4.18. The fraction of sp³-hybridized carbons (Fsp3) is 0.200. The summed E-state index contributed by atoms with van der Waals surface area (Å²) in [5, 5.41) is 2.08. The van der Waals surface area contributed by atoms with Gasteiger partial charge in [-0.2, -0.15) is 39.5 Å². The van der Waals surface area contributed by atoms with Gasteiger partial charge in [0.25, 0.3) is 0 Å². The van der Waals surface area contributed by atoms with E-state index in [0.717, 1.165) is 0 Å². The zero-order valence-electron chi connectivity index (χ0n) is 11.9. The maximum atomic E-state index is 13.2. The fourth-order valence-electron chi connectivity index (χ4n) is 2.21. The van der Waals surface area contributed by atoms with E-state index in [1.807, 2.05) is 0 Å². The summed E-state index contributed by atoms with van der Waals surface area (Å²) in [6, 6.07) is 7.10. The molecule has 25 heavy (non-hydrogen) atoms. The van der Waals surface area contributed by atoms with E-state index in [1.165, 1.54) is 30.3 Å². The first-order chi connectivity index (χ1) is 11.3. The number of rotatable bonds is 2. The van der Waals surface area contributed by atoms with Gasteiger partial charge in [0.05, 0.1) is 22.4 Å². The molecule has 0 saturated heterocycles. The predicted octanol–water partition coefficient (Wildman–Crippen LogP) is 6.49. The van der Waals surface area contributed by atoms with Crippen molar-refractivity contribution in [2.24, 2.45) is 0 Å². The largest absolute Gasteiger partial charge is 0.419 e. The molecule has 0 bridgehead atoms. The molecule has 0 aliphatic heterocycles. The van der Waals surface area contributed by atoms with Crippen molar-refractivity contribution >= 4 is 11.4 Å². The molecule has 0 aliphatic carbocycles. The molecule has 1 nitrogen and oxygen atoms in total. The van der Waals surface area contributed by atoms with E-state index < -0.39 is 40.9 Å². The van der Waals surface area contributed by atoms with Gasteiger partial charge in [0, 0.05) is 5.69 Å². The lowest BCUT2D eigenvalue weighted by molar-refractivity contribution is -0.174. The lowest BCUT2D eigenvalue weighted by Gasteiger charge is -2.23. The number of alkyl halides is 9. The van der Waals surface area contributed by atoms with Gasteiger partial charge in [0.1, 0.15) is 0 Å². The van der Waals surface area contributed by atoms with Crippen LogP contribution in [0.1, 0.15) is 16.7 Å². The van der Waals surface area contributed by atoms with Crippen molar-refractivity contribution in [1.29, 1.82) is 0 Å². The van der Waals surface area contributed by atoms with E-state index in [0.29, 0.717) is 6.07 Å². The minimum atomic E-state index is -5.86. The van der Waals surface area contributed by atoms with Gasteiger partial charge >= 0.3 is 18.5 Å². The molecular weight excluding hydrogens is 365 g/mol. The molecular formula is C15H8F9N. The lowest BCUT2D eigenvalue weighted by atomic mass is 9.97. The Morgan fingerprint density at radius 1 is 0.560 bits per heavy atom. The fourth-order valence-corrected chi connectivity index (χ4v) is 2.21. The number of hydrogen-bond donors (Lipinski definition) is 1. The second kappa shape index (κ2) is 6.16. The summed E-state index contributed by atoms with van der Waals surface area (Å²) >= 11 is 0. The van der Waals surface area contributed by atoms with Crippen molar-refractivity contribution in [2.45, 2.75) is 18.5 Å². The minimum Gasteiger partial charge on any atom is -0.355 e. The van der Waals surface area contributed by atoms with Gasteiger partial charge in [-0.1, -0.05) is 18.2 Å². The highest BCUT2D eigenvalue weighted by Gasteiger charge is 2.51. The number of benzene rings is 2. The molecule has 0 aliphatic rings. The Balaban J connectivity index is 2.78. The van der Waals surface area contributed by atoms with Crippen molar-refractivity contribution in [3.63, 3.8) is 0 Å². The van der Waals surface area contributed by atoms with Gasteiger partial charge < -0.3 is 5.32 Å². The van der Waals surface area contributed by atoms with Crippen molar-refractivity contribution < 1.29 is 39.5 Å². The van der Waals surface area contributed by atoms with Gasteiger partial charge in [-0.05, 0) is 24.3 Å². The van der Waals surface area contributed by atoms with Crippen LogP contribution in [0.25, 0.3) is 0 Å². The molecule has 1 N–H and O–H groups in total. The summed E-state index contributed by atoms with van der Waals surface area (Å²) in [5.74, 6) is 0. The smallest absolute Gasteiger partial charge is 0.355 e. The zero-order valence-corrected chi connectivity index (χ0v) is 11.9. The van der Waals surface area contributed by atoms with Gasteiger partial charge in [-0.3, -0.25) is 0 Å². The molecule has 2 aromatic rings. The molecule has 0 aromatic heterocycles. The molecule has 2 rings (SSSR count). The first kappa shape index (κ1) is 18.9. The highest BCUT2D eigenvalue weighted by atomic mass is 19.4. The van der Waals surface area contributed by atoms with Gasteiger partial charge in [-0.15, -0.1) is 0 Å². The summed E-state index contributed by atoms with van der Waals surface area (Å²) < 4.78 is 117. The summed E-state index contributed by atoms with van der Waals surface area (Å²) in [6.45, 7) is 0. The van der Waals surface area contributed by atoms with Gasteiger partial charge in [-0.25, -0.2) is 0 Å². The summed E-state index contributed by atoms with van der Waals surface area (Å²) in [4.78, 5) is 0. The molecule has 0 saturated carbocycles. The van der Waals surface area contributed by atoms with Crippen LogP contribution in [0.3, 0.4) is 0 Å². The third-order valence-electron chi connectivity index (χ3n) is 3.13. The summed E-state index contributed by atoms with van der Waals surface area (Å²) in [5.41, 5.74) is -8.72. The van der Waals surface area contributed by atoms with Crippen LogP contribution in [-0.2, 0) is 18.5 Å². The number of halogens is 9. The van der Waals surface area contributed by atoms with Crippen LogP contribution < -0.4 is 5.32 Å². The van der Waals surface area contributed by atoms with Crippen molar-refractivity contribution in [3.8, 4) is 0 Å². The summed E-state index contributed by atoms with van der Waals surface area (Å²) in [7, 11) is 0. The first-order valence-electron chi connectivity index (χ1n) is 6.52. The average Bonchev–Trinajstić information content (AvgIpc) is 2.44. The summed E-state index contributed by atoms with van der Waals surface area (Å²) in [6.07, 6.45) is -17.1. The molecule has 0 heterocycles. The van der Waals surface area contributed by atoms with Crippen LogP contribution in [-0.4, -0.2) is 0 Å². The molecule has 0 atom stereocenters. The van der Waals surface area contributed by atoms with E-state index in [-0.39, 0.29) is 11.8 Å². The monoisotopic (exact) mass is 373 g/mol. The third-order valence-corrected chi connectivity index (χ3v) is 3.13. The average molecular weight is 373 g/mol. The normalized spacial score (nSPS) is 13.0. The van der Waals surface area contributed by atoms with E-state index in [9.17, 15) is 39.5 Å². The van der Waals surface area contributed by atoms with Crippen LogP contribution in [0, 0.1) is 0 Å². The Bertz CT molecular complexity index is 743. The molecule has 10 heteroatoms. The topological polar surface area (TPSA) is 12.0 Å². The molecule has 0 unspecified atom stereocenters. The molecule has 0 radical (unpaired) electrons. The standard InChI is InChI=1S/C15H8F9N/c16-13(17,18)9-6-7-10(25-8-4-2-1-3-5-8)12(15(22,23)24)11(9)14(19,20)21/h1-7,25H. The molecule has 0 fully saturated rings. The van der Waals surface area contributed by atoms with E-state index in [1.54, 1.807) is 0 Å². The molecule has 136 valence electrons. The quantitative estimate of drug-likeness (QED) is 0.594. The maximum absolute atomic E-state index is 13.2. The van der Waals surface area contributed by atoms with Crippen LogP contribution in [0.2, 0.25) is 0 Å². The predicted molar refractivity (Wildman–Crippen MR) is 71.2 cm³/mol. The van der Waals surface area contributed by atoms with Crippen molar-refractivity contribution in [1.82, 2.24) is 0 Å². The van der Waals surface area contributed by atoms with Crippen molar-refractivity contribution in [3.05, 3.63) is 59.2 Å². The highest BCUT2D eigenvalue weighted by molar-refractivity contribution is 5.67. The van der Waals surface area contributed by atoms with E-state index in [4.69, 9.17) is 0 Å². The van der Waals surface area contributed by atoms with Crippen LogP contribution >= 0.6 is 0 Å². The molecule has 0 spiro atoms. The Kier molecular flexibility index (Phi) is 4.67. The maximum Gasteiger partial charge on any atom is 0.419 e. The van der Waals surface area contributed by atoms with Crippen LogP contribution in [0.5, 0.6) is 0 Å². The van der Waals surface area contributed by atoms with Crippen LogP contribution in [0.4, 0.5) is 50.9 Å². The number of nitrogens with one attached hydrogen (secondary N) is 1. The number of para-hydroxylation sites is 1. The second-order valence-corrected chi connectivity index (χ2v) is 4.89. The number of anilines is 2. The second-order valence-electron chi connectivity index (χ2n) is 4.89. The lowest BCUT2D eigenvalue weighted by Crippen LogP contribution is -2.24. The zero-order chi connectivity index (χ0) is 19.0. The minimum absolute atomic E-state index is 0.0131. The first-order valence-corrected chi connectivity index (χ1v) is 6.52. The van der Waals surface area contributed by atoms with Gasteiger partial charge in [0.15, 0.2) is 0 Å². The molecule has 0 amide bonds. The van der Waals surface area contributed by atoms with Crippen LogP contribution in [0.15, 0.2) is 42.5 Å².